The van der Waals surface area contributed by atoms with Crippen molar-refractivity contribution in [2.75, 3.05) is 17.3 Å². The van der Waals surface area contributed by atoms with Gasteiger partial charge in [-0.2, -0.15) is 0 Å². The first-order valence-electron chi connectivity index (χ1n) is 7.89. The van der Waals surface area contributed by atoms with Crippen LogP contribution >= 0.6 is 23.4 Å². The molecule has 1 aliphatic rings. The molecule has 1 aromatic carbocycles. The van der Waals surface area contributed by atoms with Crippen LogP contribution < -0.4 is 11.2 Å². The predicted molar refractivity (Wildman–Crippen MR) is 101 cm³/mol. The summed E-state index contributed by atoms with van der Waals surface area (Å²) in [7, 11) is -3.04. The molecule has 0 radical (unpaired) electrons. The summed E-state index contributed by atoms with van der Waals surface area (Å²) in [5.41, 5.74) is 0.643. The number of amides is 1. The number of hydrogen-bond acceptors (Lipinski definition) is 7. The van der Waals surface area contributed by atoms with E-state index in [1.165, 1.54) is 4.68 Å². The van der Waals surface area contributed by atoms with E-state index in [9.17, 15) is 13.2 Å². The van der Waals surface area contributed by atoms with Crippen LogP contribution in [0.3, 0.4) is 0 Å². The maximum atomic E-state index is 12.3. The van der Waals surface area contributed by atoms with E-state index in [-0.39, 0.29) is 23.5 Å². The van der Waals surface area contributed by atoms with E-state index in [4.69, 9.17) is 17.4 Å². The van der Waals surface area contributed by atoms with Gasteiger partial charge in [-0.15, -0.1) is 10.2 Å². The summed E-state index contributed by atoms with van der Waals surface area (Å²) >= 11 is 7.30. The monoisotopic (exact) mass is 415 g/mol. The number of halogens is 1. The Hall–Kier alpha value is -1.78. The number of sulfone groups is 1. The number of nitrogens with zero attached hydrogens (tertiary/aromatic N) is 3. The van der Waals surface area contributed by atoms with Crippen molar-refractivity contribution in [2.24, 2.45) is 0 Å². The molecular weight excluding hydrogens is 398 g/mol. The highest BCUT2D eigenvalue weighted by atomic mass is 35.5. The van der Waals surface area contributed by atoms with Crippen molar-refractivity contribution >= 4 is 39.1 Å². The second-order valence-corrected chi connectivity index (χ2v) is 9.97. The molecule has 0 bridgehead atoms. The highest BCUT2D eigenvalue weighted by Gasteiger charge is 2.30. The van der Waals surface area contributed by atoms with Crippen LogP contribution in [0.1, 0.15) is 13.3 Å². The third-order valence-corrected chi connectivity index (χ3v) is 7.16. The van der Waals surface area contributed by atoms with E-state index < -0.39 is 15.1 Å². The van der Waals surface area contributed by atoms with Crippen molar-refractivity contribution in [3.05, 3.63) is 29.3 Å². The van der Waals surface area contributed by atoms with Crippen LogP contribution in [0.5, 0.6) is 0 Å². The summed E-state index contributed by atoms with van der Waals surface area (Å²) in [6.07, 6.45) is 0.440. The molecule has 0 saturated carbocycles. The van der Waals surface area contributed by atoms with Crippen LogP contribution in [0, 0.1) is 0 Å². The van der Waals surface area contributed by atoms with Crippen LogP contribution in [0.15, 0.2) is 29.4 Å². The van der Waals surface area contributed by atoms with Gasteiger partial charge in [0.2, 0.25) is 11.1 Å². The van der Waals surface area contributed by atoms with Crippen LogP contribution in [0.25, 0.3) is 11.4 Å². The molecule has 0 aliphatic carbocycles. The van der Waals surface area contributed by atoms with Gasteiger partial charge in [-0.1, -0.05) is 35.5 Å². The summed E-state index contributed by atoms with van der Waals surface area (Å²) in [4.78, 5) is 12.3. The Morgan fingerprint density at radius 1 is 1.42 bits per heavy atom. The molecule has 1 aromatic heterocycles. The van der Waals surface area contributed by atoms with Crippen LogP contribution in [0.2, 0.25) is 5.02 Å². The lowest BCUT2D eigenvalue weighted by atomic mass is 10.2. The summed E-state index contributed by atoms with van der Waals surface area (Å²) in [5, 5.41) is 11.2. The zero-order valence-corrected chi connectivity index (χ0v) is 16.3. The molecule has 1 saturated heterocycles. The first-order chi connectivity index (χ1) is 12.3. The first-order valence-corrected chi connectivity index (χ1v) is 11.0. The van der Waals surface area contributed by atoms with E-state index in [0.29, 0.717) is 28.0 Å². The van der Waals surface area contributed by atoms with E-state index >= 15 is 0 Å². The lowest BCUT2D eigenvalue weighted by Gasteiger charge is -2.15. The molecule has 2 heterocycles. The molecule has 140 valence electrons. The normalized spacial score (nSPS) is 20.0. The van der Waals surface area contributed by atoms with Crippen molar-refractivity contribution in [1.29, 1.82) is 0 Å². The van der Waals surface area contributed by atoms with Gasteiger partial charge in [-0.3, -0.25) is 4.79 Å². The van der Waals surface area contributed by atoms with E-state index in [0.717, 1.165) is 11.8 Å². The van der Waals surface area contributed by atoms with Crippen molar-refractivity contribution in [3.8, 4) is 11.4 Å². The maximum Gasteiger partial charge on any atom is 0.233 e. The lowest BCUT2D eigenvalue weighted by Crippen LogP contribution is -2.40. The van der Waals surface area contributed by atoms with Gasteiger partial charge < -0.3 is 11.2 Å². The predicted octanol–water partition coefficient (Wildman–Crippen LogP) is 1.10. The van der Waals surface area contributed by atoms with Gasteiger partial charge >= 0.3 is 0 Å². The number of nitrogens with one attached hydrogen (secondary N) is 1. The van der Waals surface area contributed by atoms with Gasteiger partial charge in [0.05, 0.1) is 21.8 Å². The fraction of sp³-hybridized carbons (Fsp3) is 0.400. The SMILES string of the molecule is C[C@@H](Sc1nnc(-c2ccccc2Cl)n1N)C(=O)N[C@H]1CCS(=O)(=O)C1. The Morgan fingerprint density at radius 3 is 2.81 bits per heavy atom. The molecule has 1 fully saturated rings. The Labute approximate surface area is 160 Å². The van der Waals surface area contributed by atoms with Crippen LogP contribution in [-0.4, -0.2) is 52.0 Å². The maximum absolute atomic E-state index is 12.3. The Bertz CT molecular complexity index is 931. The van der Waals surface area contributed by atoms with E-state index in [1.54, 1.807) is 25.1 Å². The van der Waals surface area contributed by atoms with Gasteiger partial charge in [0.25, 0.3) is 0 Å². The summed E-state index contributed by atoms with van der Waals surface area (Å²) in [6, 6.07) is 6.78. The zero-order chi connectivity index (χ0) is 18.9. The minimum atomic E-state index is -3.04. The number of hydrogen-bond donors (Lipinski definition) is 2. The molecule has 2 atom stereocenters. The average Bonchev–Trinajstić information content (AvgIpc) is 3.10. The third-order valence-electron chi connectivity index (χ3n) is 4.01. The molecule has 3 N–H and O–H groups in total. The minimum Gasteiger partial charge on any atom is -0.351 e. The largest absolute Gasteiger partial charge is 0.351 e. The highest BCUT2D eigenvalue weighted by Crippen LogP contribution is 2.29. The fourth-order valence-corrected chi connectivity index (χ4v) is 5.30. The second kappa shape index (κ2) is 7.45. The van der Waals surface area contributed by atoms with Gasteiger partial charge in [0, 0.05) is 11.6 Å². The Balaban J connectivity index is 1.67. The van der Waals surface area contributed by atoms with Crippen molar-refractivity contribution in [3.63, 3.8) is 0 Å². The lowest BCUT2D eigenvalue weighted by molar-refractivity contribution is -0.120. The molecule has 0 unspecified atom stereocenters. The molecule has 0 spiro atoms. The van der Waals surface area contributed by atoms with E-state index in [2.05, 4.69) is 15.5 Å². The number of carbonyl (C=O) groups excluding carboxylic acids is 1. The Kier molecular flexibility index (Phi) is 5.44. The number of benzene rings is 1. The van der Waals surface area contributed by atoms with E-state index in [1.807, 2.05) is 6.07 Å². The van der Waals surface area contributed by atoms with Crippen molar-refractivity contribution in [2.45, 2.75) is 29.8 Å². The second-order valence-electron chi connectivity index (χ2n) is 6.02. The van der Waals surface area contributed by atoms with Crippen LogP contribution in [0.4, 0.5) is 0 Å². The van der Waals surface area contributed by atoms with Gasteiger partial charge in [0.1, 0.15) is 0 Å². The minimum absolute atomic E-state index is 0.0140. The molecule has 3 rings (SSSR count). The summed E-state index contributed by atoms with van der Waals surface area (Å²) in [6.45, 7) is 1.70. The number of carbonyl (C=O) groups is 1. The number of nitrogens with two attached hydrogens (primary N) is 1. The molecule has 26 heavy (non-hydrogen) atoms. The number of thioether (sulfide) groups is 1. The first kappa shape index (κ1) is 19.0. The quantitative estimate of drug-likeness (QED) is 0.554. The zero-order valence-electron chi connectivity index (χ0n) is 13.9. The van der Waals surface area contributed by atoms with Gasteiger partial charge in [0.15, 0.2) is 15.7 Å². The average molecular weight is 416 g/mol. The number of rotatable bonds is 5. The number of nitrogen functional groups attached to an aromatic ring is 1. The molecule has 2 aromatic rings. The fourth-order valence-electron chi connectivity index (χ4n) is 2.62. The van der Waals surface area contributed by atoms with Gasteiger partial charge in [-0.25, -0.2) is 13.1 Å². The number of aromatic nitrogens is 3. The Morgan fingerprint density at radius 2 is 2.15 bits per heavy atom. The highest BCUT2D eigenvalue weighted by molar-refractivity contribution is 8.00. The third kappa shape index (κ3) is 4.13. The van der Waals surface area contributed by atoms with Gasteiger partial charge in [-0.05, 0) is 25.5 Å². The molecule has 11 heteroatoms. The molecular formula is C15H18ClN5O3S2. The van der Waals surface area contributed by atoms with Crippen LogP contribution in [-0.2, 0) is 14.6 Å². The smallest absolute Gasteiger partial charge is 0.233 e. The standard InChI is InChI=1S/C15H18ClN5O3S2/c1-9(14(22)18-10-6-7-26(23,24)8-10)25-15-20-19-13(21(15)17)11-4-2-3-5-12(11)16/h2-5,9-10H,6-8,17H2,1H3,(H,18,22)/t9-,10+/m1/s1. The van der Waals surface area contributed by atoms with Crippen molar-refractivity contribution in [1.82, 2.24) is 20.2 Å². The van der Waals surface area contributed by atoms with Crippen molar-refractivity contribution < 1.29 is 13.2 Å². The summed E-state index contributed by atoms with van der Waals surface area (Å²) in [5.74, 6) is 6.28. The molecule has 1 amide bonds. The molecule has 8 nitrogen and oxygen atoms in total. The summed E-state index contributed by atoms with van der Waals surface area (Å²) < 4.78 is 24.3. The topological polar surface area (TPSA) is 120 Å². The molecule has 1 aliphatic heterocycles.